The number of nitrogens with one attached hydrogen (secondary N) is 2. The molecule has 0 fully saturated rings. The zero-order valence-electron chi connectivity index (χ0n) is 16.3. The number of anilines is 1. The Balaban J connectivity index is 1.46. The number of para-hydroxylation sites is 3. The molecule has 7 heteroatoms. The summed E-state index contributed by atoms with van der Waals surface area (Å²) in [6.07, 6.45) is 1.69. The Bertz CT molecular complexity index is 1270. The van der Waals surface area contributed by atoms with Crippen molar-refractivity contribution >= 4 is 45.9 Å². The van der Waals surface area contributed by atoms with Gasteiger partial charge in [0.1, 0.15) is 17.6 Å². The van der Waals surface area contributed by atoms with E-state index in [0.29, 0.717) is 33.4 Å². The zero-order chi connectivity index (χ0) is 21.6. The van der Waals surface area contributed by atoms with E-state index in [2.05, 4.69) is 21.4 Å². The number of H-pyrrole nitrogens is 1. The van der Waals surface area contributed by atoms with Gasteiger partial charge in [-0.05, 0) is 48.0 Å². The second-order valence-electron chi connectivity index (χ2n) is 6.67. The summed E-state index contributed by atoms with van der Waals surface area (Å²) in [7, 11) is 0. The van der Waals surface area contributed by atoms with Crippen LogP contribution in [-0.2, 0) is 4.79 Å². The predicted octanol–water partition coefficient (Wildman–Crippen LogP) is 5.30. The van der Waals surface area contributed by atoms with E-state index >= 15 is 0 Å². The molecule has 4 rings (SSSR count). The van der Waals surface area contributed by atoms with Crippen LogP contribution in [0.25, 0.3) is 22.7 Å². The Morgan fingerprint density at radius 2 is 1.90 bits per heavy atom. The fourth-order valence-corrected chi connectivity index (χ4v) is 3.23. The van der Waals surface area contributed by atoms with E-state index in [-0.39, 0.29) is 12.5 Å². The molecule has 0 aliphatic heterocycles. The first-order valence-electron chi connectivity index (χ1n) is 9.46. The van der Waals surface area contributed by atoms with E-state index in [1.54, 1.807) is 36.4 Å². The molecule has 0 atom stereocenters. The minimum absolute atomic E-state index is 0.174. The molecule has 6 nitrogen and oxygen atoms in total. The fourth-order valence-electron chi connectivity index (χ4n) is 2.99. The fraction of sp³-hybridized carbons (Fsp3) is 0.0417. The number of amides is 1. The number of allylic oxidation sites excluding steroid dienone is 1. The van der Waals surface area contributed by atoms with Crippen molar-refractivity contribution in [2.75, 3.05) is 11.9 Å². The summed E-state index contributed by atoms with van der Waals surface area (Å²) in [5, 5.41) is 12.7. The third-order valence-electron chi connectivity index (χ3n) is 4.45. The molecule has 0 saturated heterocycles. The molecular weight excluding hydrogens is 412 g/mol. The van der Waals surface area contributed by atoms with Crippen LogP contribution in [0.3, 0.4) is 0 Å². The summed E-state index contributed by atoms with van der Waals surface area (Å²) in [5.74, 6) is 0.574. The Morgan fingerprint density at radius 1 is 1.13 bits per heavy atom. The summed E-state index contributed by atoms with van der Waals surface area (Å²) in [4.78, 5) is 19.6. The van der Waals surface area contributed by atoms with Crippen LogP contribution in [0.4, 0.5) is 5.69 Å². The molecule has 0 spiro atoms. The van der Waals surface area contributed by atoms with Crippen LogP contribution < -0.4 is 10.1 Å². The van der Waals surface area contributed by atoms with Gasteiger partial charge in [0.15, 0.2) is 6.61 Å². The number of halogens is 1. The van der Waals surface area contributed by atoms with Gasteiger partial charge in [-0.15, -0.1) is 0 Å². The zero-order valence-corrected chi connectivity index (χ0v) is 17.1. The number of benzene rings is 3. The molecule has 0 aliphatic rings. The molecule has 1 amide bonds. The maximum absolute atomic E-state index is 12.0. The van der Waals surface area contributed by atoms with Gasteiger partial charge >= 0.3 is 0 Å². The lowest BCUT2D eigenvalue weighted by Crippen LogP contribution is -2.20. The molecule has 31 heavy (non-hydrogen) atoms. The molecule has 0 unspecified atom stereocenters. The van der Waals surface area contributed by atoms with Crippen molar-refractivity contribution < 1.29 is 9.53 Å². The van der Waals surface area contributed by atoms with Crippen molar-refractivity contribution in [1.29, 1.82) is 5.26 Å². The van der Waals surface area contributed by atoms with Crippen molar-refractivity contribution in [3.63, 3.8) is 0 Å². The van der Waals surface area contributed by atoms with Crippen LogP contribution in [0.2, 0.25) is 5.02 Å². The average Bonchev–Trinajstić information content (AvgIpc) is 3.21. The van der Waals surface area contributed by atoms with Crippen LogP contribution in [0.15, 0.2) is 72.8 Å². The molecule has 0 bridgehead atoms. The Kier molecular flexibility index (Phi) is 5.97. The van der Waals surface area contributed by atoms with E-state index < -0.39 is 0 Å². The van der Waals surface area contributed by atoms with Gasteiger partial charge in [0.2, 0.25) is 0 Å². The van der Waals surface area contributed by atoms with Gasteiger partial charge < -0.3 is 15.0 Å². The maximum atomic E-state index is 12.0. The van der Waals surface area contributed by atoms with Crippen LogP contribution in [0, 0.1) is 11.3 Å². The van der Waals surface area contributed by atoms with E-state index in [0.717, 1.165) is 11.0 Å². The van der Waals surface area contributed by atoms with Crippen molar-refractivity contribution in [1.82, 2.24) is 9.97 Å². The number of aromatic nitrogens is 2. The molecular formula is C24H17ClN4O2. The number of carbonyl (C=O) groups excluding carboxylic acids is 1. The molecule has 0 radical (unpaired) electrons. The van der Waals surface area contributed by atoms with E-state index in [4.69, 9.17) is 16.3 Å². The highest BCUT2D eigenvalue weighted by Crippen LogP contribution is 2.27. The van der Waals surface area contributed by atoms with Gasteiger partial charge in [-0.2, -0.15) is 5.26 Å². The molecule has 1 aromatic heterocycles. The largest absolute Gasteiger partial charge is 0.482 e. The number of ether oxygens (including phenoxy) is 1. The molecule has 0 saturated carbocycles. The number of carbonyl (C=O) groups is 1. The Morgan fingerprint density at radius 3 is 2.65 bits per heavy atom. The third kappa shape index (κ3) is 4.92. The number of rotatable bonds is 6. The van der Waals surface area contributed by atoms with Gasteiger partial charge in [0.05, 0.1) is 21.6 Å². The summed E-state index contributed by atoms with van der Waals surface area (Å²) in [5.41, 5.74) is 3.42. The van der Waals surface area contributed by atoms with Gasteiger partial charge in [-0.1, -0.05) is 48.0 Å². The van der Waals surface area contributed by atoms with E-state index in [9.17, 15) is 10.1 Å². The Hall–Kier alpha value is -4.08. The van der Waals surface area contributed by atoms with Crippen molar-refractivity contribution in [3.05, 3.63) is 89.2 Å². The average molecular weight is 429 g/mol. The number of hydrogen-bond acceptors (Lipinski definition) is 4. The van der Waals surface area contributed by atoms with Crippen LogP contribution >= 0.6 is 11.6 Å². The minimum atomic E-state index is -0.289. The molecule has 2 N–H and O–H groups in total. The summed E-state index contributed by atoms with van der Waals surface area (Å²) in [6.45, 7) is -0.174. The monoisotopic (exact) mass is 428 g/mol. The van der Waals surface area contributed by atoms with Crippen LogP contribution in [0.5, 0.6) is 5.75 Å². The maximum Gasteiger partial charge on any atom is 0.262 e. The van der Waals surface area contributed by atoms with Crippen molar-refractivity contribution in [3.8, 4) is 11.8 Å². The topological polar surface area (TPSA) is 90.8 Å². The van der Waals surface area contributed by atoms with Gasteiger partial charge in [0, 0.05) is 5.69 Å². The molecule has 0 aliphatic carbocycles. The van der Waals surface area contributed by atoms with Gasteiger partial charge in [0.25, 0.3) is 5.91 Å². The lowest BCUT2D eigenvalue weighted by atomic mass is 10.1. The second kappa shape index (κ2) is 9.16. The number of nitriles is 1. The van der Waals surface area contributed by atoms with Gasteiger partial charge in [-0.25, -0.2) is 4.98 Å². The van der Waals surface area contributed by atoms with E-state index in [1.807, 2.05) is 42.5 Å². The van der Waals surface area contributed by atoms with Crippen LogP contribution in [0.1, 0.15) is 11.4 Å². The van der Waals surface area contributed by atoms with Gasteiger partial charge in [-0.3, -0.25) is 4.79 Å². The summed E-state index contributed by atoms with van der Waals surface area (Å²) in [6, 6.07) is 24.0. The van der Waals surface area contributed by atoms with Crippen molar-refractivity contribution in [2.45, 2.75) is 0 Å². The van der Waals surface area contributed by atoms with E-state index in [1.165, 1.54) is 0 Å². The number of aromatic amines is 1. The SMILES string of the molecule is N#C/C(=C\c1ccc(OCC(=O)Nc2ccccc2)c(Cl)c1)c1nc2ccccc2[nH]1. The third-order valence-corrected chi connectivity index (χ3v) is 4.74. The van der Waals surface area contributed by atoms with Crippen LogP contribution in [-0.4, -0.2) is 22.5 Å². The first-order chi connectivity index (χ1) is 15.1. The number of imidazole rings is 1. The molecule has 1 heterocycles. The second-order valence-corrected chi connectivity index (χ2v) is 7.07. The smallest absolute Gasteiger partial charge is 0.262 e. The highest BCUT2D eigenvalue weighted by Gasteiger charge is 2.10. The quantitative estimate of drug-likeness (QED) is 0.408. The highest BCUT2D eigenvalue weighted by atomic mass is 35.5. The predicted molar refractivity (Wildman–Crippen MR) is 122 cm³/mol. The first-order valence-corrected chi connectivity index (χ1v) is 9.84. The highest BCUT2D eigenvalue weighted by molar-refractivity contribution is 6.32. The summed E-state index contributed by atoms with van der Waals surface area (Å²) < 4.78 is 5.53. The summed E-state index contributed by atoms with van der Waals surface area (Å²) >= 11 is 6.32. The standard InChI is InChI=1S/C24H17ClN4O2/c25-19-13-16(12-17(14-26)24-28-20-8-4-5-9-21(20)29-24)10-11-22(19)31-15-23(30)27-18-6-2-1-3-7-18/h1-13H,15H2,(H,27,30)(H,28,29)/b17-12+. The molecule has 152 valence electrons. The number of hydrogen-bond donors (Lipinski definition) is 2. The Labute approximate surface area is 183 Å². The molecule has 3 aromatic carbocycles. The minimum Gasteiger partial charge on any atom is -0.482 e. The number of fused-ring (bicyclic) bond motifs is 1. The normalized spacial score (nSPS) is 11.2. The molecule has 4 aromatic rings. The lowest BCUT2D eigenvalue weighted by Gasteiger charge is -2.09. The van der Waals surface area contributed by atoms with Crippen molar-refractivity contribution in [2.24, 2.45) is 0 Å². The lowest BCUT2D eigenvalue weighted by molar-refractivity contribution is -0.118. The first kappa shape index (κ1) is 20.2. The number of nitrogens with zero attached hydrogens (tertiary/aromatic N) is 2.